The number of aliphatic hydroxyl groups excluding tert-OH is 1. The maximum Gasteiger partial charge on any atom is 0.143 e. The van der Waals surface area contributed by atoms with Crippen molar-refractivity contribution in [1.82, 2.24) is 4.98 Å². The van der Waals surface area contributed by atoms with Gasteiger partial charge in [0, 0.05) is 12.7 Å². The Morgan fingerprint density at radius 2 is 2.47 bits per heavy atom. The number of nitrogens with two attached hydrogens (primary N) is 1. The molecule has 1 aromatic rings. The summed E-state index contributed by atoms with van der Waals surface area (Å²) in [7, 11) is 0. The first kappa shape index (κ1) is 11.9. The van der Waals surface area contributed by atoms with Crippen LogP contribution in [-0.2, 0) is 0 Å². The van der Waals surface area contributed by atoms with Crippen LogP contribution in [0.3, 0.4) is 0 Å². The normalized spacial score (nSPS) is 24.0. The molecule has 5 heteroatoms. The molecule has 1 aromatic heterocycles. The van der Waals surface area contributed by atoms with Crippen LogP contribution in [0.15, 0.2) is 18.3 Å². The highest BCUT2D eigenvalue weighted by Crippen LogP contribution is 2.30. The van der Waals surface area contributed by atoms with Crippen LogP contribution in [0.4, 0.5) is 5.69 Å². The van der Waals surface area contributed by atoms with E-state index in [0.29, 0.717) is 11.6 Å². The summed E-state index contributed by atoms with van der Waals surface area (Å²) in [6.07, 6.45) is 2.67. The highest BCUT2D eigenvalue weighted by atomic mass is 16.3. The number of rotatable bonds is 3. The Labute approximate surface area is 101 Å². The Hall–Kier alpha value is -1.62. The van der Waals surface area contributed by atoms with Crippen LogP contribution in [0, 0.1) is 11.3 Å². The summed E-state index contributed by atoms with van der Waals surface area (Å²) in [5.41, 5.74) is 6.89. The minimum absolute atomic E-state index is 0.0307. The van der Waals surface area contributed by atoms with Gasteiger partial charge in [0.2, 0.25) is 0 Å². The van der Waals surface area contributed by atoms with E-state index in [1.165, 1.54) is 0 Å². The zero-order valence-electron chi connectivity index (χ0n) is 9.93. The van der Waals surface area contributed by atoms with Crippen molar-refractivity contribution >= 4 is 11.5 Å². The number of hydrogen-bond donors (Lipinski definition) is 3. The Morgan fingerprint density at radius 3 is 3.12 bits per heavy atom. The van der Waals surface area contributed by atoms with E-state index in [9.17, 15) is 5.11 Å². The summed E-state index contributed by atoms with van der Waals surface area (Å²) < 4.78 is 0. The fraction of sp³-hybridized carbons (Fsp3) is 0.500. The Bertz CT molecular complexity index is 421. The summed E-state index contributed by atoms with van der Waals surface area (Å²) in [4.78, 5) is 6.25. The predicted octanol–water partition coefficient (Wildman–Crippen LogP) is 0.573. The summed E-state index contributed by atoms with van der Waals surface area (Å²) >= 11 is 0. The number of amidine groups is 1. The minimum Gasteiger partial charge on any atom is -0.394 e. The zero-order valence-corrected chi connectivity index (χ0v) is 9.93. The van der Waals surface area contributed by atoms with E-state index in [4.69, 9.17) is 11.1 Å². The number of pyridine rings is 1. The van der Waals surface area contributed by atoms with E-state index in [-0.39, 0.29) is 18.5 Å². The molecule has 92 valence electrons. The van der Waals surface area contributed by atoms with E-state index in [1.54, 1.807) is 6.20 Å². The van der Waals surface area contributed by atoms with Crippen molar-refractivity contribution in [2.75, 3.05) is 18.1 Å². The fourth-order valence-electron chi connectivity index (χ4n) is 2.42. The van der Waals surface area contributed by atoms with Crippen LogP contribution in [0.25, 0.3) is 0 Å². The van der Waals surface area contributed by atoms with Gasteiger partial charge in [0.05, 0.1) is 18.3 Å². The van der Waals surface area contributed by atoms with Crippen LogP contribution in [0.1, 0.15) is 19.0 Å². The Morgan fingerprint density at radius 1 is 1.71 bits per heavy atom. The van der Waals surface area contributed by atoms with Gasteiger partial charge in [-0.1, -0.05) is 6.92 Å². The lowest BCUT2D eigenvalue weighted by Crippen LogP contribution is -2.36. The summed E-state index contributed by atoms with van der Waals surface area (Å²) in [6.45, 7) is 3.12. The lowest BCUT2D eigenvalue weighted by molar-refractivity contribution is 0.244. The van der Waals surface area contributed by atoms with Crippen LogP contribution in [0.5, 0.6) is 0 Å². The molecule has 2 rings (SSSR count). The average Bonchev–Trinajstić information content (AvgIpc) is 2.70. The molecule has 2 heterocycles. The van der Waals surface area contributed by atoms with Gasteiger partial charge in [0.1, 0.15) is 11.5 Å². The molecule has 1 saturated heterocycles. The maximum absolute atomic E-state index is 9.45. The number of aromatic nitrogens is 1. The first-order chi connectivity index (χ1) is 8.15. The van der Waals surface area contributed by atoms with E-state index in [2.05, 4.69) is 16.8 Å². The first-order valence-corrected chi connectivity index (χ1v) is 5.82. The maximum atomic E-state index is 9.45. The van der Waals surface area contributed by atoms with Gasteiger partial charge < -0.3 is 15.7 Å². The highest BCUT2D eigenvalue weighted by Gasteiger charge is 2.32. The molecular formula is C12H18N4O. The van der Waals surface area contributed by atoms with Crippen LogP contribution in [-0.4, -0.2) is 35.1 Å². The van der Waals surface area contributed by atoms with Gasteiger partial charge in [-0.15, -0.1) is 0 Å². The molecule has 4 N–H and O–H groups in total. The van der Waals surface area contributed by atoms with Crippen molar-refractivity contribution in [2.24, 2.45) is 11.7 Å². The highest BCUT2D eigenvalue weighted by molar-refractivity contribution is 5.98. The lowest BCUT2D eigenvalue weighted by Gasteiger charge is -2.28. The van der Waals surface area contributed by atoms with Gasteiger partial charge in [-0.25, -0.2) is 0 Å². The topological polar surface area (TPSA) is 86.2 Å². The second-order valence-corrected chi connectivity index (χ2v) is 4.49. The first-order valence-electron chi connectivity index (χ1n) is 5.82. The molecule has 0 spiro atoms. The SMILES string of the molecule is CC1CCN(c2cccnc2C(=N)N)C1CO. The van der Waals surface area contributed by atoms with Crippen LogP contribution in [0.2, 0.25) is 0 Å². The number of hydrogen-bond acceptors (Lipinski definition) is 4. The predicted molar refractivity (Wildman–Crippen MR) is 67.3 cm³/mol. The van der Waals surface area contributed by atoms with Gasteiger partial charge in [-0.05, 0) is 24.5 Å². The van der Waals surface area contributed by atoms with Crippen LogP contribution >= 0.6 is 0 Å². The second kappa shape index (κ2) is 4.71. The average molecular weight is 234 g/mol. The molecule has 0 bridgehead atoms. The van der Waals surface area contributed by atoms with Gasteiger partial charge in [0.25, 0.3) is 0 Å². The van der Waals surface area contributed by atoms with Crippen LogP contribution < -0.4 is 10.6 Å². The number of aliphatic hydroxyl groups is 1. The van der Waals surface area contributed by atoms with Crippen molar-refractivity contribution in [2.45, 2.75) is 19.4 Å². The standard InChI is InChI=1S/C12H18N4O/c1-8-4-6-16(10(8)7-17)9-3-2-5-15-11(9)12(13)14/h2-3,5,8,10,17H,4,6-7H2,1H3,(H3,13,14). The molecule has 2 atom stereocenters. The smallest absolute Gasteiger partial charge is 0.143 e. The largest absolute Gasteiger partial charge is 0.394 e. The molecule has 5 nitrogen and oxygen atoms in total. The third kappa shape index (κ3) is 2.10. The minimum atomic E-state index is -0.0307. The van der Waals surface area contributed by atoms with Crippen molar-refractivity contribution in [1.29, 1.82) is 5.41 Å². The molecule has 17 heavy (non-hydrogen) atoms. The third-order valence-corrected chi connectivity index (χ3v) is 3.42. The number of nitrogen functional groups attached to an aromatic ring is 1. The van der Waals surface area contributed by atoms with Gasteiger partial charge in [-0.3, -0.25) is 10.4 Å². The third-order valence-electron chi connectivity index (χ3n) is 3.42. The Kier molecular flexibility index (Phi) is 3.28. The Balaban J connectivity index is 2.37. The molecule has 0 saturated carbocycles. The van der Waals surface area contributed by atoms with Crippen molar-refractivity contribution < 1.29 is 5.11 Å². The molecule has 0 amide bonds. The van der Waals surface area contributed by atoms with E-state index >= 15 is 0 Å². The molecule has 0 aromatic carbocycles. The number of anilines is 1. The van der Waals surface area contributed by atoms with Crippen molar-refractivity contribution in [3.05, 3.63) is 24.0 Å². The van der Waals surface area contributed by atoms with E-state index in [0.717, 1.165) is 18.7 Å². The quantitative estimate of drug-likeness (QED) is 0.527. The molecule has 0 aliphatic carbocycles. The molecule has 2 unspecified atom stereocenters. The van der Waals surface area contributed by atoms with E-state index < -0.39 is 0 Å². The fourth-order valence-corrected chi connectivity index (χ4v) is 2.42. The molecule has 1 aliphatic heterocycles. The lowest BCUT2D eigenvalue weighted by atomic mass is 10.0. The number of nitrogens with zero attached hydrogens (tertiary/aromatic N) is 2. The summed E-state index contributed by atoms with van der Waals surface area (Å²) in [5, 5.41) is 17.0. The number of nitrogens with one attached hydrogen (secondary N) is 1. The van der Waals surface area contributed by atoms with E-state index in [1.807, 2.05) is 12.1 Å². The molecule has 1 fully saturated rings. The zero-order chi connectivity index (χ0) is 12.4. The van der Waals surface area contributed by atoms with Gasteiger partial charge in [0.15, 0.2) is 0 Å². The molecular weight excluding hydrogens is 216 g/mol. The summed E-state index contributed by atoms with van der Waals surface area (Å²) in [5.74, 6) is 0.414. The summed E-state index contributed by atoms with van der Waals surface area (Å²) in [6, 6.07) is 3.83. The monoisotopic (exact) mass is 234 g/mol. The molecule has 1 aliphatic rings. The molecule has 0 radical (unpaired) electrons. The van der Waals surface area contributed by atoms with Crippen molar-refractivity contribution in [3.8, 4) is 0 Å². The second-order valence-electron chi connectivity index (χ2n) is 4.49. The van der Waals surface area contributed by atoms with Gasteiger partial charge in [-0.2, -0.15) is 0 Å². The van der Waals surface area contributed by atoms with Gasteiger partial charge >= 0.3 is 0 Å². The van der Waals surface area contributed by atoms with Crippen molar-refractivity contribution in [3.63, 3.8) is 0 Å².